The van der Waals surface area contributed by atoms with Crippen LogP contribution < -0.4 is 0 Å². The Hall–Kier alpha value is -1.27. The summed E-state index contributed by atoms with van der Waals surface area (Å²) in [4.78, 5) is 0. The SMILES string of the molecule is CC1(C)O[C@H](CI)C[C@@](C#N)(C[C@@H]2C[C@@](C#N)(CCOCc3ccccc3)OC(C)(C)O2)O1. The van der Waals surface area contributed by atoms with E-state index in [9.17, 15) is 10.5 Å². The van der Waals surface area contributed by atoms with Crippen LogP contribution in [0.5, 0.6) is 0 Å². The Bertz CT molecular complexity index is 881. The molecular weight excluding hydrogens is 535 g/mol. The van der Waals surface area contributed by atoms with Crippen LogP contribution >= 0.6 is 22.6 Å². The normalized spacial score (nSPS) is 33.1. The van der Waals surface area contributed by atoms with Crippen LogP contribution in [0.3, 0.4) is 0 Å². The molecule has 0 amide bonds. The second-order valence-corrected chi connectivity index (χ2v) is 10.6. The van der Waals surface area contributed by atoms with E-state index >= 15 is 0 Å². The summed E-state index contributed by atoms with van der Waals surface area (Å²) in [6, 6.07) is 14.7. The molecule has 3 rings (SSSR count). The molecule has 0 unspecified atom stereocenters. The first kappa shape index (κ1) is 26.3. The van der Waals surface area contributed by atoms with E-state index in [4.69, 9.17) is 23.7 Å². The van der Waals surface area contributed by atoms with Crippen LogP contribution in [0.2, 0.25) is 0 Å². The molecule has 0 radical (unpaired) electrons. The van der Waals surface area contributed by atoms with Crippen molar-refractivity contribution in [3.05, 3.63) is 35.9 Å². The lowest BCUT2D eigenvalue weighted by atomic mass is 9.83. The van der Waals surface area contributed by atoms with Gasteiger partial charge in [0.05, 0.1) is 37.6 Å². The third-order valence-electron chi connectivity index (χ3n) is 5.80. The van der Waals surface area contributed by atoms with Gasteiger partial charge in [0.15, 0.2) is 22.8 Å². The summed E-state index contributed by atoms with van der Waals surface area (Å²) in [5.41, 5.74) is -1.04. The summed E-state index contributed by atoms with van der Waals surface area (Å²) in [7, 11) is 0. The highest BCUT2D eigenvalue weighted by Gasteiger charge is 2.52. The first-order chi connectivity index (χ1) is 15.5. The van der Waals surface area contributed by atoms with Crippen LogP contribution in [-0.4, -0.2) is 46.0 Å². The van der Waals surface area contributed by atoms with Crippen molar-refractivity contribution in [2.45, 2.75) is 95.0 Å². The fraction of sp³-hybridized carbons (Fsp3) is 0.680. The number of hydrogen-bond donors (Lipinski definition) is 0. The Morgan fingerprint density at radius 1 is 0.939 bits per heavy atom. The Morgan fingerprint density at radius 3 is 2.12 bits per heavy atom. The molecule has 0 N–H and O–H groups in total. The second-order valence-electron chi connectivity index (χ2n) is 9.75. The van der Waals surface area contributed by atoms with E-state index in [1.54, 1.807) is 13.8 Å². The Morgan fingerprint density at radius 2 is 1.52 bits per heavy atom. The maximum atomic E-state index is 10.1. The van der Waals surface area contributed by atoms with E-state index < -0.39 is 22.8 Å². The predicted molar refractivity (Wildman–Crippen MR) is 130 cm³/mol. The number of nitrogens with zero attached hydrogens (tertiary/aromatic N) is 2. The van der Waals surface area contributed by atoms with Gasteiger partial charge in [-0.05, 0) is 33.3 Å². The van der Waals surface area contributed by atoms with Gasteiger partial charge in [-0.3, -0.25) is 0 Å². The molecule has 0 saturated carbocycles. The van der Waals surface area contributed by atoms with E-state index in [0.29, 0.717) is 38.9 Å². The Kier molecular flexibility index (Phi) is 8.42. The maximum absolute atomic E-state index is 10.1. The van der Waals surface area contributed by atoms with Crippen LogP contribution in [0, 0.1) is 22.7 Å². The number of rotatable bonds is 8. The average molecular weight is 568 g/mol. The molecule has 33 heavy (non-hydrogen) atoms. The highest BCUT2D eigenvalue weighted by molar-refractivity contribution is 14.1. The fourth-order valence-corrected chi connectivity index (χ4v) is 5.27. The van der Waals surface area contributed by atoms with Crippen molar-refractivity contribution in [3.63, 3.8) is 0 Å². The molecular formula is C25H33IN2O5. The van der Waals surface area contributed by atoms with Gasteiger partial charge >= 0.3 is 0 Å². The van der Waals surface area contributed by atoms with Gasteiger partial charge in [0, 0.05) is 30.1 Å². The number of halogens is 1. The van der Waals surface area contributed by atoms with Crippen molar-refractivity contribution in [3.8, 4) is 12.1 Å². The molecule has 2 heterocycles. The number of alkyl halides is 1. The van der Waals surface area contributed by atoms with Gasteiger partial charge in [0.1, 0.15) is 0 Å². The van der Waals surface area contributed by atoms with Gasteiger partial charge in [0.2, 0.25) is 0 Å². The van der Waals surface area contributed by atoms with Crippen LogP contribution in [-0.2, 0) is 30.3 Å². The number of hydrogen-bond acceptors (Lipinski definition) is 7. The van der Waals surface area contributed by atoms with Crippen molar-refractivity contribution in [2.75, 3.05) is 11.0 Å². The molecule has 2 aliphatic heterocycles. The lowest BCUT2D eigenvalue weighted by Gasteiger charge is -2.49. The minimum Gasteiger partial charge on any atom is -0.377 e. The minimum atomic E-state index is -1.07. The molecule has 0 aromatic heterocycles. The van der Waals surface area contributed by atoms with Gasteiger partial charge in [-0.1, -0.05) is 52.9 Å². The third kappa shape index (κ3) is 7.11. The first-order valence-corrected chi connectivity index (χ1v) is 12.8. The zero-order valence-electron chi connectivity index (χ0n) is 19.8. The van der Waals surface area contributed by atoms with Crippen molar-refractivity contribution in [1.82, 2.24) is 0 Å². The summed E-state index contributed by atoms with van der Waals surface area (Å²) in [5, 5.41) is 20.2. The largest absolute Gasteiger partial charge is 0.377 e. The highest BCUT2D eigenvalue weighted by atomic mass is 127. The van der Waals surface area contributed by atoms with Gasteiger partial charge in [-0.15, -0.1) is 0 Å². The zero-order chi connectivity index (χ0) is 24.2. The second kappa shape index (κ2) is 10.6. The van der Waals surface area contributed by atoms with Crippen molar-refractivity contribution in [2.24, 2.45) is 0 Å². The topological polar surface area (TPSA) is 93.7 Å². The van der Waals surface area contributed by atoms with Gasteiger partial charge in [-0.2, -0.15) is 10.5 Å². The molecule has 7 nitrogen and oxygen atoms in total. The van der Waals surface area contributed by atoms with Gasteiger partial charge in [0.25, 0.3) is 0 Å². The van der Waals surface area contributed by atoms with E-state index in [1.807, 2.05) is 44.2 Å². The number of ether oxygens (including phenoxy) is 5. The van der Waals surface area contributed by atoms with Crippen molar-refractivity contribution >= 4 is 22.6 Å². The Balaban J connectivity index is 1.69. The summed E-state index contributed by atoms with van der Waals surface area (Å²) in [6.07, 6.45) is 1.07. The molecule has 0 spiro atoms. The predicted octanol–water partition coefficient (Wildman–Crippen LogP) is 5.03. The zero-order valence-corrected chi connectivity index (χ0v) is 22.0. The molecule has 180 valence electrons. The van der Waals surface area contributed by atoms with Gasteiger partial charge in [-0.25, -0.2) is 0 Å². The summed E-state index contributed by atoms with van der Waals surface area (Å²) in [5.74, 6) is -1.85. The summed E-state index contributed by atoms with van der Waals surface area (Å²) >= 11 is 2.27. The average Bonchev–Trinajstić information content (AvgIpc) is 2.75. The molecule has 1 aromatic carbocycles. The smallest absolute Gasteiger partial charge is 0.165 e. The monoisotopic (exact) mass is 568 g/mol. The third-order valence-corrected chi connectivity index (χ3v) is 6.78. The lowest BCUT2D eigenvalue weighted by Crippen LogP contribution is -2.57. The standard InChI is InChI=1S/C25H33IN2O5/c1-22(2)30-20(13-25(18-28)14-21(15-26)31-23(3,4)33-25)12-24(17-27,32-22)10-11-29-16-19-8-6-5-7-9-19/h5-9,20-21H,10-16H2,1-4H3/t20-,21-,24+,25+/m0/s1. The van der Waals surface area contributed by atoms with E-state index in [-0.39, 0.29) is 12.2 Å². The van der Waals surface area contributed by atoms with E-state index in [2.05, 4.69) is 34.7 Å². The molecule has 4 atom stereocenters. The molecule has 2 fully saturated rings. The minimum absolute atomic E-state index is 0.0889. The first-order valence-electron chi connectivity index (χ1n) is 11.3. The maximum Gasteiger partial charge on any atom is 0.165 e. The number of benzene rings is 1. The molecule has 1 aromatic rings. The summed E-state index contributed by atoms with van der Waals surface area (Å²) in [6.45, 7) is 8.12. The highest BCUT2D eigenvalue weighted by Crippen LogP contribution is 2.43. The van der Waals surface area contributed by atoms with Crippen molar-refractivity contribution in [1.29, 1.82) is 10.5 Å². The van der Waals surface area contributed by atoms with E-state index in [0.717, 1.165) is 9.99 Å². The molecule has 8 heteroatoms. The van der Waals surface area contributed by atoms with Crippen LogP contribution in [0.25, 0.3) is 0 Å². The summed E-state index contributed by atoms with van der Waals surface area (Å²) < 4.78 is 31.0. The fourth-order valence-electron chi connectivity index (χ4n) is 4.78. The Labute approximate surface area is 210 Å². The van der Waals surface area contributed by atoms with E-state index in [1.165, 1.54) is 0 Å². The number of nitriles is 2. The quantitative estimate of drug-likeness (QED) is 0.247. The lowest BCUT2D eigenvalue weighted by molar-refractivity contribution is -0.346. The molecule has 0 bridgehead atoms. The van der Waals surface area contributed by atoms with Crippen LogP contribution in [0.1, 0.15) is 58.9 Å². The van der Waals surface area contributed by atoms with Crippen LogP contribution in [0.15, 0.2) is 30.3 Å². The van der Waals surface area contributed by atoms with Crippen LogP contribution in [0.4, 0.5) is 0 Å². The molecule has 2 aliphatic rings. The molecule has 2 saturated heterocycles. The molecule has 0 aliphatic carbocycles. The van der Waals surface area contributed by atoms with Crippen molar-refractivity contribution < 1.29 is 23.7 Å². The van der Waals surface area contributed by atoms with Gasteiger partial charge < -0.3 is 23.7 Å².